The number of hydrogen-bond acceptors (Lipinski definition) is 3. The molecule has 0 amide bonds. The van der Waals surface area contributed by atoms with Crippen LogP contribution in [0.2, 0.25) is 0 Å². The van der Waals surface area contributed by atoms with Crippen LogP contribution in [0.1, 0.15) is 32.6 Å². The van der Waals surface area contributed by atoms with Crippen molar-refractivity contribution in [1.29, 1.82) is 0 Å². The topological polar surface area (TPSA) is 46.5 Å². The minimum absolute atomic E-state index is 0.203. The molecule has 1 fully saturated rings. The Kier molecular flexibility index (Phi) is 3.34. The van der Waals surface area contributed by atoms with Gasteiger partial charge < -0.3 is 9.84 Å². The molecule has 0 atom stereocenters. The third-order valence-electron chi connectivity index (χ3n) is 2.34. The third-order valence-corrected chi connectivity index (χ3v) is 2.56. The van der Waals surface area contributed by atoms with Crippen LogP contribution in [0.3, 0.4) is 0 Å². The lowest BCUT2D eigenvalue weighted by atomic mass is 9.85. The number of aliphatic hydroxyl groups excluding tert-OH is 1. The molecule has 0 aromatic carbocycles. The fourth-order valence-corrected chi connectivity index (χ4v) is 2.04. The lowest BCUT2D eigenvalue weighted by molar-refractivity contribution is -0.0194. The first kappa shape index (κ1) is 10.2. The molecule has 70 valence electrons. The average molecular weight is 284 g/mol. The van der Waals surface area contributed by atoms with Gasteiger partial charge >= 0.3 is 3.98 Å². The van der Waals surface area contributed by atoms with Crippen molar-refractivity contribution in [2.45, 2.75) is 44.3 Å². The summed E-state index contributed by atoms with van der Waals surface area (Å²) in [6.45, 7) is 1.93. The number of rotatable bonds is 1. The fourth-order valence-electron chi connectivity index (χ4n) is 1.51. The normalized spacial score (nSPS) is 36.1. The van der Waals surface area contributed by atoms with Crippen molar-refractivity contribution in [2.24, 2.45) is 0 Å². The highest BCUT2D eigenvalue weighted by molar-refractivity contribution is 14.1. The van der Waals surface area contributed by atoms with Gasteiger partial charge in [-0.2, -0.15) is 0 Å². The molecule has 0 bridgehead atoms. The zero-order chi connectivity index (χ0) is 9.19. The van der Waals surface area contributed by atoms with Gasteiger partial charge in [-0.15, -0.1) is 0 Å². The summed E-state index contributed by atoms with van der Waals surface area (Å²) in [6, 6.07) is 0. The first-order valence-corrected chi connectivity index (χ1v) is 5.16. The molecule has 1 saturated carbocycles. The summed E-state index contributed by atoms with van der Waals surface area (Å²) in [6.07, 6.45) is 2.80. The van der Waals surface area contributed by atoms with Gasteiger partial charge in [0.15, 0.2) is 0 Å². The molecule has 4 heteroatoms. The standard InChI is InChI=1S/C8H13IO3/c1-8(12-7(9)11)4-2-6(10)3-5-8/h6,10H,2-5H2,1H3. The number of carbonyl (C=O) groups is 1. The Labute approximate surface area is 85.6 Å². The van der Waals surface area contributed by atoms with Crippen LogP contribution in [0.25, 0.3) is 0 Å². The Morgan fingerprint density at radius 3 is 2.50 bits per heavy atom. The number of ether oxygens (including phenoxy) is 1. The second-order valence-electron chi connectivity index (χ2n) is 3.52. The monoisotopic (exact) mass is 284 g/mol. The van der Waals surface area contributed by atoms with Crippen LogP contribution >= 0.6 is 22.6 Å². The van der Waals surface area contributed by atoms with Gasteiger partial charge in [0.05, 0.1) is 28.7 Å². The molecule has 3 nitrogen and oxygen atoms in total. The quantitative estimate of drug-likeness (QED) is 0.593. The molecule has 0 aromatic rings. The first-order chi connectivity index (χ1) is 5.52. The molecule has 12 heavy (non-hydrogen) atoms. The molecular formula is C8H13IO3. The van der Waals surface area contributed by atoms with Gasteiger partial charge in [0.2, 0.25) is 0 Å². The highest BCUT2D eigenvalue weighted by atomic mass is 127. The molecule has 1 aliphatic carbocycles. The Balaban J connectivity index is 2.44. The van der Waals surface area contributed by atoms with Crippen LogP contribution in [0.15, 0.2) is 0 Å². The Morgan fingerprint density at radius 2 is 2.08 bits per heavy atom. The minimum Gasteiger partial charge on any atom is -0.452 e. The predicted octanol–water partition coefficient (Wildman–Crippen LogP) is 2.25. The molecule has 0 spiro atoms. The van der Waals surface area contributed by atoms with E-state index in [0.717, 1.165) is 25.7 Å². The average Bonchev–Trinajstić information content (AvgIpc) is 1.94. The molecule has 0 heterocycles. The molecule has 1 rings (SSSR count). The summed E-state index contributed by atoms with van der Waals surface area (Å²) in [5.74, 6) is 0. The van der Waals surface area contributed by atoms with E-state index in [1.165, 1.54) is 0 Å². The molecule has 1 N–H and O–H groups in total. The largest absolute Gasteiger partial charge is 0.452 e. The maximum atomic E-state index is 10.7. The van der Waals surface area contributed by atoms with Crippen molar-refractivity contribution >= 4 is 26.6 Å². The van der Waals surface area contributed by atoms with Crippen molar-refractivity contribution in [3.05, 3.63) is 0 Å². The van der Waals surface area contributed by atoms with E-state index in [1.807, 2.05) is 6.92 Å². The molecule has 0 saturated heterocycles. The van der Waals surface area contributed by atoms with Gasteiger partial charge in [0, 0.05) is 0 Å². The van der Waals surface area contributed by atoms with Crippen LogP contribution in [0, 0.1) is 0 Å². The van der Waals surface area contributed by atoms with E-state index >= 15 is 0 Å². The van der Waals surface area contributed by atoms with Gasteiger partial charge in [-0.05, 0) is 32.6 Å². The van der Waals surface area contributed by atoms with Crippen LogP contribution in [-0.2, 0) is 4.74 Å². The number of carbonyl (C=O) groups excluding carboxylic acids is 1. The minimum atomic E-state index is -0.336. The number of hydrogen-bond donors (Lipinski definition) is 1. The van der Waals surface area contributed by atoms with E-state index in [2.05, 4.69) is 0 Å². The van der Waals surface area contributed by atoms with E-state index in [4.69, 9.17) is 4.74 Å². The molecular weight excluding hydrogens is 271 g/mol. The summed E-state index contributed by atoms with van der Waals surface area (Å²) in [4.78, 5) is 10.7. The second-order valence-corrected chi connectivity index (χ2v) is 4.40. The van der Waals surface area contributed by atoms with Gasteiger partial charge in [0.1, 0.15) is 5.60 Å². The molecule has 0 radical (unpaired) electrons. The second kappa shape index (κ2) is 3.91. The van der Waals surface area contributed by atoms with Crippen molar-refractivity contribution < 1.29 is 14.6 Å². The smallest absolute Gasteiger partial charge is 0.367 e. The van der Waals surface area contributed by atoms with Gasteiger partial charge in [-0.3, -0.25) is 0 Å². The number of aliphatic hydroxyl groups is 1. The zero-order valence-corrected chi connectivity index (χ0v) is 9.20. The van der Waals surface area contributed by atoms with Gasteiger partial charge in [-0.25, -0.2) is 4.79 Å². The third kappa shape index (κ3) is 2.90. The molecule has 0 unspecified atom stereocenters. The van der Waals surface area contributed by atoms with Crippen LogP contribution in [0.4, 0.5) is 4.79 Å². The summed E-state index contributed by atoms with van der Waals surface area (Å²) < 4.78 is 4.91. The molecule has 0 aliphatic heterocycles. The van der Waals surface area contributed by atoms with E-state index in [9.17, 15) is 9.90 Å². The maximum absolute atomic E-state index is 10.7. The van der Waals surface area contributed by atoms with Crippen LogP contribution in [-0.4, -0.2) is 20.8 Å². The van der Waals surface area contributed by atoms with Crippen LogP contribution in [0.5, 0.6) is 0 Å². The summed E-state index contributed by atoms with van der Waals surface area (Å²) >= 11 is 1.64. The highest BCUT2D eigenvalue weighted by Crippen LogP contribution is 2.32. The van der Waals surface area contributed by atoms with E-state index < -0.39 is 0 Å². The SMILES string of the molecule is CC1(OC(=O)I)CCC(O)CC1. The summed E-state index contributed by atoms with van der Waals surface area (Å²) in [7, 11) is 0. The van der Waals surface area contributed by atoms with Crippen molar-refractivity contribution in [2.75, 3.05) is 0 Å². The highest BCUT2D eigenvalue weighted by Gasteiger charge is 2.33. The number of halogens is 1. The van der Waals surface area contributed by atoms with E-state index in [1.54, 1.807) is 22.6 Å². The Bertz CT molecular complexity index is 173. The molecule has 1 aliphatic rings. The maximum Gasteiger partial charge on any atom is 0.367 e. The predicted molar refractivity (Wildman–Crippen MR) is 53.4 cm³/mol. The van der Waals surface area contributed by atoms with Crippen molar-refractivity contribution in [3.63, 3.8) is 0 Å². The lowest BCUT2D eigenvalue weighted by Crippen LogP contribution is -2.36. The van der Waals surface area contributed by atoms with Gasteiger partial charge in [0.25, 0.3) is 0 Å². The molecule has 0 aromatic heterocycles. The fraction of sp³-hybridized carbons (Fsp3) is 0.875. The first-order valence-electron chi connectivity index (χ1n) is 4.08. The van der Waals surface area contributed by atoms with Gasteiger partial charge in [-0.1, -0.05) is 0 Å². The van der Waals surface area contributed by atoms with E-state index in [0.29, 0.717) is 0 Å². The summed E-state index contributed by atoms with van der Waals surface area (Å²) in [5, 5.41) is 9.23. The summed E-state index contributed by atoms with van der Waals surface area (Å²) in [5.41, 5.74) is -0.336. The van der Waals surface area contributed by atoms with E-state index in [-0.39, 0.29) is 15.7 Å². The lowest BCUT2D eigenvalue weighted by Gasteiger charge is -2.34. The zero-order valence-electron chi connectivity index (χ0n) is 7.05. The Morgan fingerprint density at radius 1 is 1.58 bits per heavy atom. The van der Waals surface area contributed by atoms with Crippen LogP contribution < -0.4 is 0 Å². The van der Waals surface area contributed by atoms with Crippen molar-refractivity contribution in [3.8, 4) is 0 Å². The Hall–Kier alpha value is 0.160. The van der Waals surface area contributed by atoms with Crippen molar-refractivity contribution in [1.82, 2.24) is 0 Å².